The number of nitrogens with one attached hydrogen (secondary N) is 2. The predicted octanol–water partition coefficient (Wildman–Crippen LogP) is 3.63. The number of carbonyl (C=O) groups is 1. The molecule has 1 heterocycles. The second-order valence-electron chi connectivity index (χ2n) is 5.54. The molecule has 1 aromatic heterocycles. The van der Waals surface area contributed by atoms with Gasteiger partial charge in [0.2, 0.25) is 0 Å². The molecule has 27 heavy (non-hydrogen) atoms. The molecule has 0 aliphatic rings. The lowest BCUT2D eigenvalue weighted by atomic mass is 10.2. The van der Waals surface area contributed by atoms with Crippen LogP contribution >= 0.6 is 0 Å². The van der Waals surface area contributed by atoms with Crippen LogP contribution in [0.1, 0.15) is 16.1 Å². The summed E-state index contributed by atoms with van der Waals surface area (Å²) >= 11 is 0. The molecule has 0 saturated carbocycles. The molecule has 0 aliphatic heterocycles. The van der Waals surface area contributed by atoms with Gasteiger partial charge in [-0.05, 0) is 18.2 Å². The highest BCUT2D eigenvalue weighted by molar-refractivity contribution is 6.03. The second-order valence-corrected chi connectivity index (χ2v) is 5.54. The van der Waals surface area contributed by atoms with Crippen molar-refractivity contribution in [2.75, 3.05) is 17.7 Å². The maximum Gasteiger partial charge on any atom is 0.274 e. The van der Waals surface area contributed by atoms with E-state index in [0.717, 1.165) is 23.4 Å². The highest BCUT2D eigenvalue weighted by atomic mass is 19.2. The molecule has 3 aromatic rings. The number of carbonyl (C=O) groups excluding carboxylic acids is 1. The summed E-state index contributed by atoms with van der Waals surface area (Å²) in [4.78, 5) is 20.3. The molecule has 0 unspecified atom stereocenters. The minimum Gasteiger partial charge on any atom is -0.496 e. The fourth-order valence-corrected chi connectivity index (χ4v) is 2.38. The standard InChI is InChI=1S/C19H16F2N4O2/c1-27-17-5-3-2-4-12(17)10-22-18-9-16(23-11-24-18)19(26)25-13-6-7-14(20)15(21)8-13/h2-9,11H,10H2,1H3,(H,25,26)(H,22,23,24). The monoisotopic (exact) mass is 370 g/mol. The van der Waals surface area contributed by atoms with Crippen molar-refractivity contribution < 1.29 is 18.3 Å². The molecule has 2 N–H and O–H groups in total. The van der Waals surface area contributed by atoms with Crippen LogP contribution in [-0.4, -0.2) is 23.0 Å². The Hall–Kier alpha value is -3.55. The lowest BCUT2D eigenvalue weighted by Gasteiger charge is -2.10. The highest BCUT2D eigenvalue weighted by Crippen LogP contribution is 2.19. The van der Waals surface area contributed by atoms with Gasteiger partial charge < -0.3 is 15.4 Å². The molecule has 0 atom stereocenters. The molecule has 0 saturated heterocycles. The van der Waals surface area contributed by atoms with Crippen molar-refractivity contribution >= 4 is 17.4 Å². The first-order valence-electron chi connectivity index (χ1n) is 8.01. The van der Waals surface area contributed by atoms with Gasteiger partial charge in [-0.1, -0.05) is 18.2 Å². The topological polar surface area (TPSA) is 76.1 Å². The SMILES string of the molecule is COc1ccccc1CNc1cc(C(=O)Nc2ccc(F)c(F)c2)ncn1. The van der Waals surface area contributed by atoms with Gasteiger partial charge in [0.05, 0.1) is 7.11 Å². The first-order valence-corrected chi connectivity index (χ1v) is 8.01. The Kier molecular flexibility index (Phi) is 5.55. The molecule has 2 aromatic carbocycles. The number of para-hydroxylation sites is 1. The van der Waals surface area contributed by atoms with E-state index in [4.69, 9.17) is 4.74 Å². The number of anilines is 2. The van der Waals surface area contributed by atoms with Crippen molar-refractivity contribution in [1.82, 2.24) is 9.97 Å². The van der Waals surface area contributed by atoms with Gasteiger partial charge in [-0.25, -0.2) is 18.7 Å². The van der Waals surface area contributed by atoms with E-state index in [2.05, 4.69) is 20.6 Å². The van der Waals surface area contributed by atoms with E-state index in [0.29, 0.717) is 12.4 Å². The second kappa shape index (κ2) is 8.22. The number of amides is 1. The molecule has 0 spiro atoms. The Morgan fingerprint density at radius 3 is 2.67 bits per heavy atom. The van der Waals surface area contributed by atoms with Gasteiger partial charge in [0.25, 0.3) is 5.91 Å². The average molecular weight is 370 g/mol. The van der Waals surface area contributed by atoms with E-state index in [-0.39, 0.29) is 11.4 Å². The number of rotatable bonds is 6. The third-order valence-electron chi connectivity index (χ3n) is 3.73. The quantitative estimate of drug-likeness (QED) is 0.693. The molecule has 3 rings (SSSR count). The number of methoxy groups -OCH3 is 1. The van der Waals surface area contributed by atoms with Gasteiger partial charge in [0.15, 0.2) is 11.6 Å². The fourth-order valence-electron chi connectivity index (χ4n) is 2.38. The maximum absolute atomic E-state index is 13.2. The highest BCUT2D eigenvalue weighted by Gasteiger charge is 2.11. The lowest BCUT2D eigenvalue weighted by molar-refractivity contribution is 0.102. The van der Waals surface area contributed by atoms with Gasteiger partial charge in [-0.3, -0.25) is 4.79 Å². The van der Waals surface area contributed by atoms with Crippen molar-refractivity contribution in [1.29, 1.82) is 0 Å². The first-order chi connectivity index (χ1) is 13.1. The van der Waals surface area contributed by atoms with Crippen molar-refractivity contribution in [2.45, 2.75) is 6.54 Å². The van der Waals surface area contributed by atoms with E-state index in [1.807, 2.05) is 24.3 Å². The normalized spacial score (nSPS) is 10.3. The Bertz CT molecular complexity index is 966. The largest absolute Gasteiger partial charge is 0.496 e. The van der Waals surface area contributed by atoms with Gasteiger partial charge in [0, 0.05) is 29.9 Å². The van der Waals surface area contributed by atoms with Crippen LogP contribution in [0.5, 0.6) is 5.75 Å². The Morgan fingerprint density at radius 2 is 1.89 bits per heavy atom. The zero-order valence-corrected chi connectivity index (χ0v) is 14.4. The zero-order chi connectivity index (χ0) is 19.2. The van der Waals surface area contributed by atoms with E-state index in [1.165, 1.54) is 18.5 Å². The number of hydrogen-bond donors (Lipinski definition) is 2. The molecular weight excluding hydrogens is 354 g/mol. The van der Waals surface area contributed by atoms with Crippen LogP contribution in [-0.2, 0) is 6.54 Å². The Morgan fingerprint density at radius 1 is 1.07 bits per heavy atom. The summed E-state index contributed by atoms with van der Waals surface area (Å²) in [7, 11) is 1.59. The average Bonchev–Trinajstić information content (AvgIpc) is 2.69. The number of hydrogen-bond acceptors (Lipinski definition) is 5. The molecule has 1 amide bonds. The summed E-state index contributed by atoms with van der Waals surface area (Å²) in [5.41, 5.74) is 1.13. The predicted molar refractivity (Wildman–Crippen MR) is 96.7 cm³/mol. The van der Waals surface area contributed by atoms with E-state index in [1.54, 1.807) is 7.11 Å². The lowest BCUT2D eigenvalue weighted by Crippen LogP contribution is -2.15. The molecule has 138 valence electrons. The van der Waals surface area contributed by atoms with Crippen LogP contribution in [0.2, 0.25) is 0 Å². The maximum atomic E-state index is 13.2. The zero-order valence-electron chi connectivity index (χ0n) is 14.4. The summed E-state index contributed by atoms with van der Waals surface area (Å²) in [6.45, 7) is 0.436. The molecule has 0 radical (unpaired) electrons. The summed E-state index contributed by atoms with van der Waals surface area (Å²) in [6, 6.07) is 12.1. The van der Waals surface area contributed by atoms with Crippen molar-refractivity contribution in [3.63, 3.8) is 0 Å². The van der Waals surface area contributed by atoms with Gasteiger partial charge in [-0.2, -0.15) is 0 Å². The molecule has 0 fully saturated rings. The first kappa shape index (κ1) is 18.2. The van der Waals surface area contributed by atoms with E-state index in [9.17, 15) is 13.6 Å². The molecule has 0 bridgehead atoms. The van der Waals surface area contributed by atoms with Crippen LogP contribution in [0.15, 0.2) is 54.9 Å². The summed E-state index contributed by atoms with van der Waals surface area (Å²) in [5.74, 6) is -1.43. The van der Waals surface area contributed by atoms with Crippen molar-refractivity contribution in [3.8, 4) is 5.75 Å². The number of ether oxygens (including phenoxy) is 1. The minimum atomic E-state index is -1.05. The number of benzene rings is 2. The van der Waals surface area contributed by atoms with Crippen LogP contribution in [0.25, 0.3) is 0 Å². The van der Waals surface area contributed by atoms with Crippen LogP contribution in [0, 0.1) is 11.6 Å². The molecular formula is C19H16F2N4O2. The third kappa shape index (κ3) is 4.55. The smallest absolute Gasteiger partial charge is 0.274 e. The number of halogens is 2. The van der Waals surface area contributed by atoms with Crippen molar-refractivity contribution in [3.05, 3.63) is 77.8 Å². The Balaban J connectivity index is 1.69. The fraction of sp³-hybridized carbons (Fsp3) is 0.105. The van der Waals surface area contributed by atoms with Crippen LogP contribution in [0.4, 0.5) is 20.3 Å². The summed E-state index contributed by atoms with van der Waals surface area (Å²) < 4.78 is 31.5. The van der Waals surface area contributed by atoms with Gasteiger partial charge >= 0.3 is 0 Å². The van der Waals surface area contributed by atoms with Gasteiger partial charge in [-0.15, -0.1) is 0 Å². The van der Waals surface area contributed by atoms with Gasteiger partial charge in [0.1, 0.15) is 23.6 Å². The Labute approximate surface area is 154 Å². The minimum absolute atomic E-state index is 0.0808. The van der Waals surface area contributed by atoms with Crippen molar-refractivity contribution in [2.24, 2.45) is 0 Å². The third-order valence-corrected chi connectivity index (χ3v) is 3.73. The summed E-state index contributed by atoms with van der Waals surface area (Å²) in [5, 5.41) is 5.55. The molecule has 8 heteroatoms. The number of aromatic nitrogens is 2. The molecule has 6 nitrogen and oxygen atoms in total. The summed E-state index contributed by atoms with van der Waals surface area (Å²) in [6.07, 6.45) is 1.24. The van der Waals surface area contributed by atoms with E-state index >= 15 is 0 Å². The van der Waals surface area contributed by atoms with E-state index < -0.39 is 17.5 Å². The van der Waals surface area contributed by atoms with Crippen LogP contribution in [0.3, 0.4) is 0 Å². The molecule has 0 aliphatic carbocycles. The van der Waals surface area contributed by atoms with Crippen LogP contribution < -0.4 is 15.4 Å². The number of nitrogens with zero attached hydrogens (tertiary/aromatic N) is 2.